The van der Waals surface area contributed by atoms with Crippen LogP contribution in [-0.4, -0.2) is 70.0 Å². The number of carbonyl (C=O) groups is 3. The topological polar surface area (TPSA) is 132 Å². The molecule has 22 heteroatoms. The molecule has 2 unspecified atom stereocenters. The lowest BCUT2D eigenvalue weighted by Gasteiger charge is -2.42. The molecule has 84 heavy (non-hydrogen) atoms. The van der Waals surface area contributed by atoms with Crippen LogP contribution in [0.3, 0.4) is 0 Å². The van der Waals surface area contributed by atoms with Crippen LogP contribution in [0.2, 0.25) is 0 Å². The third-order valence-corrected chi connectivity index (χ3v) is 13.7. The molecular formula is C62H66F12N2O8. The van der Waals surface area contributed by atoms with Crippen molar-refractivity contribution in [1.29, 1.82) is 0 Å². The van der Waals surface area contributed by atoms with Gasteiger partial charge in [-0.1, -0.05) is 109 Å². The van der Waals surface area contributed by atoms with Gasteiger partial charge in [0.15, 0.2) is 0 Å². The van der Waals surface area contributed by atoms with Crippen LogP contribution in [-0.2, 0) is 75.5 Å². The van der Waals surface area contributed by atoms with Gasteiger partial charge in [-0.2, -0.15) is 52.7 Å². The van der Waals surface area contributed by atoms with Crippen molar-refractivity contribution in [3.8, 4) is 0 Å². The highest BCUT2D eigenvalue weighted by Gasteiger charge is 2.48. The van der Waals surface area contributed by atoms with E-state index in [1.165, 1.54) is 27.9 Å². The molecular weight excluding hydrogens is 1130 g/mol. The monoisotopic (exact) mass is 1190 g/mol. The first-order valence-electron chi connectivity index (χ1n) is 26.2. The van der Waals surface area contributed by atoms with Gasteiger partial charge in [-0.15, -0.1) is 0 Å². The highest BCUT2D eigenvalue weighted by atomic mass is 19.4. The lowest BCUT2D eigenvalue weighted by Crippen LogP contribution is -2.57. The standard InChI is InChI=1S/C31H33F6NO4.C20H19F6NO2.C11H14O2/c1-5-41-28(40)26(25-14-10-9-11-19(25)2)27(39)29(38-4,22-12-7-6-8-13-22)18-42-20(3)21-15-23(30(32,33)34)17-24(16-21)31(35,36)37;1-13(29-12-18(11-28,27-2)15-6-4-3-5-7-15)14-8-16(19(21,22)23)10-17(9-14)20(24,25)26;1-3-13-11(12)8-10-7-5-4-6-9(10)2/h6-17,20,26-27,38-39H,5,18H2,1-4H3;3-11,13,27H,12H2,1-2H3;4-7H,3,8H2,1-2H3/t20-,26?,27?,29-;13-,18-;/m11./s1. The van der Waals surface area contributed by atoms with Gasteiger partial charge in [-0.25, -0.2) is 0 Å². The molecule has 10 nitrogen and oxygen atoms in total. The van der Waals surface area contributed by atoms with Gasteiger partial charge >= 0.3 is 36.6 Å². The maximum Gasteiger partial charge on any atom is 0.416 e. The van der Waals surface area contributed by atoms with Crippen molar-refractivity contribution in [1.82, 2.24) is 10.6 Å². The van der Waals surface area contributed by atoms with Gasteiger partial charge in [-0.3, -0.25) is 9.59 Å². The van der Waals surface area contributed by atoms with Crippen molar-refractivity contribution in [2.24, 2.45) is 0 Å². The van der Waals surface area contributed by atoms with Gasteiger partial charge in [0.2, 0.25) is 0 Å². The van der Waals surface area contributed by atoms with Crippen LogP contribution in [0, 0.1) is 13.8 Å². The molecule has 0 radical (unpaired) electrons. The summed E-state index contributed by atoms with van der Waals surface area (Å²) in [5.74, 6) is -2.09. The Bertz CT molecular complexity index is 3000. The van der Waals surface area contributed by atoms with Crippen LogP contribution < -0.4 is 10.6 Å². The Labute approximate surface area is 479 Å². The molecule has 0 fully saturated rings. The summed E-state index contributed by atoms with van der Waals surface area (Å²) in [5.41, 5.74) is -4.90. The van der Waals surface area contributed by atoms with Gasteiger partial charge in [0.05, 0.1) is 79.0 Å². The molecule has 456 valence electrons. The summed E-state index contributed by atoms with van der Waals surface area (Å²) in [6.07, 6.45) is -22.9. The molecule has 0 aliphatic heterocycles. The van der Waals surface area contributed by atoms with Crippen LogP contribution in [0.5, 0.6) is 0 Å². The first kappa shape index (κ1) is 69.4. The number of carbonyl (C=O) groups excluding carboxylic acids is 3. The number of aldehydes is 1. The summed E-state index contributed by atoms with van der Waals surface area (Å²) in [6, 6.07) is 34.2. The lowest BCUT2D eigenvalue weighted by molar-refractivity contribution is -0.151. The lowest BCUT2D eigenvalue weighted by atomic mass is 9.75. The Balaban J connectivity index is 0.000000309. The Hall–Kier alpha value is -7.11. The van der Waals surface area contributed by atoms with E-state index in [0.29, 0.717) is 65.8 Å². The Morgan fingerprint density at radius 2 is 0.929 bits per heavy atom. The van der Waals surface area contributed by atoms with Crippen molar-refractivity contribution < 1.29 is 91.1 Å². The molecule has 0 heterocycles. The molecule has 0 amide bonds. The number of alkyl halides is 12. The molecule has 0 aliphatic rings. The van der Waals surface area contributed by atoms with E-state index in [-0.39, 0.29) is 42.4 Å². The number of hydrogen-bond acceptors (Lipinski definition) is 10. The molecule has 0 bridgehead atoms. The van der Waals surface area contributed by atoms with E-state index in [1.807, 2.05) is 38.1 Å². The third kappa shape index (κ3) is 18.7. The van der Waals surface area contributed by atoms with Crippen molar-refractivity contribution in [2.75, 3.05) is 40.5 Å². The quantitative estimate of drug-likeness (QED) is 0.0363. The van der Waals surface area contributed by atoms with Crippen LogP contribution in [0.1, 0.15) is 113 Å². The normalized spacial score (nSPS) is 14.8. The maximum absolute atomic E-state index is 13.5. The zero-order chi connectivity index (χ0) is 62.8. The molecule has 3 N–H and O–H groups in total. The zero-order valence-electron chi connectivity index (χ0n) is 47.1. The van der Waals surface area contributed by atoms with E-state index >= 15 is 0 Å². The van der Waals surface area contributed by atoms with Crippen molar-refractivity contribution in [2.45, 2.75) is 108 Å². The molecule has 6 aromatic carbocycles. The predicted octanol–water partition coefficient (Wildman–Crippen LogP) is 14.1. The number of nitrogens with one attached hydrogen (secondary N) is 2. The van der Waals surface area contributed by atoms with Crippen LogP contribution in [0.15, 0.2) is 146 Å². The fourth-order valence-corrected chi connectivity index (χ4v) is 8.82. The number of aliphatic hydroxyl groups excluding tert-OH is 1. The molecule has 0 aromatic heterocycles. The van der Waals surface area contributed by atoms with E-state index in [0.717, 1.165) is 11.1 Å². The Kier molecular flexibility index (Phi) is 24.9. The van der Waals surface area contributed by atoms with E-state index in [4.69, 9.17) is 18.9 Å². The number of hydrogen-bond donors (Lipinski definition) is 3. The number of halogens is 12. The second-order valence-electron chi connectivity index (χ2n) is 19.3. The summed E-state index contributed by atoms with van der Waals surface area (Å²) in [5, 5.41) is 17.8. The van der Waals surface area contributed by atoms with Crippen LogP contribution >= 0.6 is 0 Å². The first-order chi connectivity index (χ1) is 39.3. The first-order valence-corrected chi connectivity index (χ1v) is 26.2. The number of rotatable bonds is 21. The fourth-order valence-electron chi connectivity index (χ4n) is 8.82. The number of likely N-dealkylation sites (N-methyl/N-ethyl adjacent to an activating group) is 2. The number of esters is 2. The number of aryl methyl sites for hydroxylation is 2. The molecule has 6 aromatic rings. The molecule has 0 aliphatic carbocycles. The molecule has 0 saturated heterocycles. The second kappa shape index (κ2) is 30.1. The highest BCUT2D eigenvalue weighted by molar-refractivity contribution is 5.80. The van der Waals surface area contributed by atoms with Crippen LogP contribution in [0.25, 0.3) is 0 Å². The molecule has 6 atom stereocenters. The van der Waals surface area contributed by atoms with Crippen molar-refractivity contribution in [3.05, 3.63) is 212 Å². The summed E-state index contributed by atoms with van der Waals surface area (Å²) in [7, 11) is 3.01. The fraction of sp³-hybridized carbons (Fsp3) is 0.371. The SMILES string of the molecule is CCOC(=O)C(c1ccccc1C)C(O)[C@](CO[C@H](C)c1cc(C(F)(F)F)cc(C(F)(F)F)c1)(NC)c1ccccc1.CCOC(=O)Cc1ccccc1C.CN[C@](C=O)(CO[C@H](C)c1cc(C(F)(F)F)cc(C(F)(F)F)c1)c1ccccc1. The Morgan fingerprint density at radius 3 is 1.32 bits per heavy atom. The van der Waals surface area contributed by atoms with Crippen molar-refractivity contribution >= 4 is 18.2 Å². The van der Waals surface area contributed by atoms with E-state index in [2.05, 4.69) is 10.6 Å². The molecule has 0 saturated carbocycles. The minimum Gasteiger partial charge on any atom is -0.466 e. The van der Waals surface area contributed by atoms with E-state index in [1.54, 1.807) is 98.8 Å². The summed E-state index contributed by atoms with van der Waals surface area (Å²) in [4.78, 5) is 36.2. The van der Waals surface area contributed by atoms with Gasteiger partial charge in [-0.05, 0) is 137 Å². The average Bonchev–Trinajstić information content (AvgIpc) is 2.73. The van der Waals surface area contributed by atoms with Gasteiger partial charge in [0.1, 0.15) is 17.7 Å². The minimum atomic E-state index is -5.02. The number of ether oxygens (including phenoxy) is 4. The summed E-state index contributed by atoms with van der Waals surface area (Å²) >= 11 is 0. The van der Waals surface area contributed by atoms with Gasteiger partial charge in [0.25, 0.3) is 0 Å². The molecule has 6 rings (SSSR count). The third-order valence-electron chi connectivity index (χ3n) is 13.7. The maximum atomic E-state index is 13.5. The zero-order valence-corrected chi connectivity index (χ0v) is 47.1. The number of benzene rings is 6. The van der Waals surface area contributed by atoms with Gasteiger partial charge in [0, 0.05) is 0 Å². The predicted molar refractivity (Wildman–Crippen MR) is 290 cm³/mol. The van der Waals surface area contributed by atoms with Crippen molar-refractivity contribution in [3.63, 3.8) is 0 Å². The van der Waals surface area contributed by atoms with E-state index < -0.39 is 94.8 Å². The smallest absolute Gasteiger partial charge is 0.416 e. The average molecular weight is 1200 g/mol. The summed E-state index contributed by atoms with van der Waals surface area (Å²) in [6.45, 7) is 9.60. The second-order valence-corrected chi connectivity index (χ2v) is 19.3. The number of aliphatic hydroxyl groups is 1. The summed E-state index contributed by atoms with van der Waals surface area (Å²) < 4.78 is 181. The highest BCUT2D eigenvalue weighted by Crippen LogP contribution is 2.42. The van der Waals surface area contributed by atoms with E-state index in [9.17, 15) is 72.2 Å². The Morgan fingerprint density at radius 1 is 0.524 bits per heavy atom. The van der Waals surface area contributed by atoms with Crippen LogP contribution in [0.4, 0.5) is 52.7 Å². The minimum absolute atomic E-state index is 0.0381. The largest absolute Gasteiger partial charge is 0.466 e. The molecule has 0 spiro atoms. The van der Waals surface area contributed by atoms with Gasteiger partial charge < -0.3 is 39.5 Å².